The predicted octanol–water partition coefficient (Wildman–Crippen LogP) is 16.0. The number of carbonyl (C=O) groups is 2. The summed E-state index contributed by atoms with van der Waals surface area (Å²) in [5.74, 6) is -0.868. The lowest BCUT2D eigenvalue weighted by atomic mass is 10.0. The molecule has 0 rings (SSSR count). The first kappa shape index (κ1) is 62.2. The zero-order chi connectivity index (χ0) is 47.4. The zero-order valence-electron chi connectivity index (χ0n) is 41.4. The topological polar surface area (TPSA) is 134 Å². The summed E-state index contributed by atoms with van der Waals surface area (Å²) in [6.45, 7) is 3.58. The van der Waals surface area contributed by atoms with E-state index in [0.717, 1.165) is 77.0 Å². The SMILES string of the molecule is CC/C=C\C/C=C\C/C=C\C/C=C\C/C=C\CCCCCC(=O)OC(COC(=O)CCCCCCCCCCCCCCC/C=C\C/C=C\CCCCCCC)COP(=O)(O)OCCN. The summed E-state index contributed by atoms with van der Waals surface area (Å²) in [6, 6.07) is 0. The first-order valence-electron chi connectivity index (χ1n) is 26.1. The fourth-order valence-corrected chi connectivity index (χ4v) is 7.69. The zero-order valence-corrected chi connectivity index (χ0v) is 42.3. The molecule has 0 aliphatic heterocycles. The molecule has 65 heavy (non-hydrogen) atoms. The summed E-state index contributed by atoms with van der Waals surface area (Å²) in [5.41, 5.74) is 5.37. The van der Waals surface area contributed by atoms with Crippen LogP contribution < -0.4 is 5.73 Å². The van der Waals surface area contributed by atoms with E-state index in [1.807, 2.05) is 0 Å². The molecule has 374 valence electrons. The molecule has 0 radical (unpaired) electrons. The van der Waals surface area contributed by atoms with Crippen LogP contribution >= 0.6 is 7.82 Å². The fraction of sp³-hybridized carbons (Fsp3) is 0.709. The van der Waals surface area contributed by atoms with Gasteiger partial charge in [-0.05, 0) is 89.9 Å². The molecule has 0 amide bonds. The number of allylic oxidation sites excluding steroid dienone is 14. The van der Waals surface area contributed by atoms with Crippen molar-refractivity contribution >= 4 is 19.8 Å². The Kier molecular flexibility index (Phi) is 48.4. The lowest BCUT2D eigenvalue weighted by molar-refractivity contribution is -0.161. The van der Waals surface area contributed by atoms with Crippen LogP contribution in [0.3, 0.4) is 0 Å². The third kappa shape index (κ3) is 50.4. The Morgan fingerprint density at radius 2 is 0.846 bits per heavy atom. The van der Waals surface area contributed by atoms with Crippen molar-refractivity contribution in [2.75, 3.05) is 26.4 Å². The number of unbranched alkanes of at least 4 members (excludes halogenated alkanes) is 21. The van der Waals surface area contributed by atoms with Crippen LogP contribution in [0.4, 0.5) is 0 Å². The lowest BCUT2D eigenvalue weighted by Crippen LogP contribution is -2.29. The Morgan fingerprint density at radius 3 is 1.28 bits per heavy atom. The Morgan fingerprint density at radius 1 is 0.477 bits per heavy atom. The quantitative estimate of drug-likeness (QED) is 0.0265. The molecule has 0 aromatic rings. The predicted molar refractivity (Wildman–Crippen MR) is 275 cm³/mol. The first-order chi connectivity index (χ1) is 31.8. The second kappa shape index (κ2) is 50.6. The number of ether oxygens (including phenoxy) is 2. The molecular weight excluding hydrogens is 834 g/mol. The Labute approximate surface area is 398 Å². The van der Waals surface area contributed by atoms with E-state index in [4.69, 9.17) is 24.3 Å². The van der Waals surface area contributed by atoms with Gasteiger partial charge < -0.3 is 20.1 Å². The van der Waals surface area contributed by atoms with Crippen LogP contribution in [0, 0.1) is 0 Å². The summed E-state index contributed by atoms with van der Waals surface area (Å²) in [7, 11) is -4.40. The average molecular weight is 930 g/mol. The lowest BCUT2D eigenvalue weighted by Gasteiger charge is -2.19. The van der Waals surface area contributed by atoms with E-state index in [2.05, 4.69) is 98.9 Å². The van der Waals surface area contributed by atoms with Crippen molar-refractivity contribution in [1.82, 2.24) is 0 Å². The minimum atomic E-state index is -4.40. The number of phosphoric acid groups is 1. The summed E-state index contributed by atoms with van der Waals surface area (Å²) in [6.07, 6.45) is 64.8. The molecular formula is C55H96NO8P. The third-order valence-electron chi connectivity index (χ3n) is 10.8. The highest BCUT2D eigenvalue weighted by Gasteiger charge is 2.26. The number of hydrogen-bond donors (Lipinski definition) is 2. The van der Waals surface area contributed by atoms with Crippen LogP contribution in [0.25, 0.3) is 0 Å². The number of hydrogen-bond acceptors (Lipinski definition) is 8. The molecule has 2 atom stereocenters. The van der Waals surface area contributed by atoms with Crippen molar-refractivity contribution in [1.29, 1.82) is 0 Å². The first-order valence-corrected chi connectivity index (χ1v) is 27.6. The summed E-state index contributed by atoms with van der Waals surface area (Å²) in [5, 5.41) is 0. The van der Waals surface area contributed by atoms with Gasteiger partial charge in [0.2, 0.25) is 0 Å². The van der Waals surface area contributed by atoms with Crippen LogP contribution in [0.2, 0.25) is 0 Å². The number of rotatable bonds is 48. The molecule has 2 unspecified atom stereocenters. The van der Waals surface area contributed by atoms with Crippen LogP contribution in [0.5, 0.6) is 0 Å². The maximum atomic E-state index is 12.6. The monoisotopic (exact) mass is 930 g/mol. The van der Waals surface area contributed by atoms with Crippen molar-refractivity contribution < 1.29 is 37.6 Å². The van der Waals surface area contributed by atoms with Gasteiger partial charge in [-0.3, -0.25) is 18.6 Å². The second-order valence-corrected chi connectivity index (χ2v) is 18.5. The Hall–Kier alpha value is -2.81. The minimum Gasteiger partial charge on any atom is -0.462 e. The average Bonchev–Trinajstić information content (AvgIpc) is 3.30. The van der Waals surface area contributed by atoms with E-state index in [1.165, 1.54) is 109 Å². The van der Waals surface area contributed by atoms with Crippen LogP contribution in [0.15, 0.2) is 85.1 Å². The van der Waals surface area contributed by atoms with Crippen molar-refractivity contribution in [3.63, 3.8) is 0 Å². The van der Waals surface area contributed by atoms with Crippen molar-refractivity contribution in [2.45, 2.75) is 225 Å². The summed E-state index contributed by atoms with van der Waals surface area (Å²) in [4.78, 5) is 35.1. The van der Waals surface area contributed by atoms with E-state index in [1.54, 1.807) is 0 Å². The Bertz CT molecular complexity index is 1340. The largest absolute Gasteiger partial charge is 0.472 e. The number of phosphoric ester groups is 1. The van der Waals surface area contributed by atoms with Crippen LogP contribution in [-0.4, -0.2) is 49.3 Å². The summed E-state index contributed by atoms with van der Waals surface area (Å²) >= 11 is 0. The van der Waals surface area contributed by atoms with Gasteiger partial charge in [-0.1, -0.05) is 202 Å². The normalized spacial score (nSPS) is 13.8. The molecule has 10 heteroatoms. The Balaban J connectivity index is 4.08. The molecule has 0 aliphatic rings. The van der Waals surface area contributed by atoms with E-state index in [0.29, 0.717) is 6.42 Å². The maximum absolute atomic E-state index is 12.6. The highest BCUT2D eigenvalue weighted by Crippen LogP contribution is 2.43. The minimum absolute atomic E-state index is 0.0437. The molecule has 0 spiro atoms. The highest BCUT2D eigenvalue weighted by atomic mass is 31.2. The molecule has 0 saturated carbocycles. The fourth-order valence-electron chi connectivity index (χ4n) is 6.93. The molecule has 0 heterocycles. The molecule has 0 bridgehead atoms. The van der Waals surface area contributed by atoms with E-state index in [-0.39, 0.29) is 32.6 Å². The molecule has 0 aromatic heterocycles. The smallest absolute Gasteiger partial charge is 0.462 e. The maximum Gasteiger partial charge on any atom is 0.472 e. The van der Waals surface area contributed by atoms with Gasteiger partial charge in [-0.15, -0.1) is 0 Å². The van der Waals surface area contributed by atoms with Crippen molar-refractivity contribution in [3.8, 4) is 0 Å². The molecule has 0 saturated heterocycles. The molecule has 0 aromatic carbocycles. The highest BCUT2D eigenvalue weighted by molar-refractivity contribution is 7.47. The number of esters is 2. The van der Waals surface area contributed by atoms with Gasteiger partial charge in [-0.25, -0.2) is 4.57 Å². The second-order valence-electron chi connectivity index (χ2n) is 17.0. The van der Waals surface area contributed by atoms with E-state index >= 15 is 0 Å². The van der Waals surface area contributed by atoms with E-state index < -0.39 is 32.5 Å². The number of nitrogens with two attached hydrogens (primary N) is 1. The third-order valence-corrected chi connectivity index (χ3v) is 11.7. The van der Waals surface area contributed by atoms with Gasteiger partial charge in [0.05, 0.1) is 13.2 Å². The van der Waals surface area contributed by atoms with E-state index in [9.17, 15) is 19.0 Å². The van der Waals surface area contributed by atoms with Crippen LogP contribution in [0.1, 0.15) is 219 Å². The standard InChI is InChI=1S/C55H96NO8P/c1-3-5-7-9-11-13-15-17-19-21-23-24-25-26-27-28-30-31-33-35-37-39-41-43-45-47-54(57)61-51-53(52-63-65(59,60)62-50-49-56)64-55(58)48-46-44-42-40-38-36-34-32-29-22-20-18-16-14-12-10-8-6-4-2/h6,8,12,14-15,17-18,20-21,23,29,32,36,38,53H,3-5,7,9-11,13,16,19,22,24-28,30-31,33-35,37,39-52,56H2,1-2H3,(H,59,60)/b8-6-,14-12-,17-15-,20-18-,23-21-,32-29-,38-36-. The van der Waals surface area contributed by atoms with Gasteiger partial charge in [0.15, 0.2) is 6.10 Å². The van der Waals surface area contributed by atoms with Crippen LogP contribution in [-0.2, 0) is 32.7 Å². The van der Waals surface area contributed by atoms with Gasteiger partial charge in [0.25, 0.3) is 0 Å². The van der Waals surface area contributed by atoms with Gasteiger partial charge in [0.1, 0.15) is 6.61 Å². The molecule has 0 fully saturated rings. The van der Waals surface area contributed by atoms with Crippen molar-refractivity contribution in [3.05, 3.63) is 85.1 Å². The molecule has 0 aliphatic carbocycles. The summed E-state index contributed by atoms with van der Waals surface area (Å²) < 4.78 is 32.9. The number of carbonyl (C=O) groups excluding carboxylic acids is 2. The van der Waals surface area contributed by atoms with Gasteiger partial charge in [0, 0.05) is 19.4 Å². The van der Waals surface area contributed by atoms with Gasteiger partial charge in [-0.2, -0.15) is 0 Å². The van der Waals surface area contributed by atoms with Gasteiger partial charge >= 0.3 is 19.8 Å². The molecule has 9 nitrogen and oxygen atoms in total. The molecule has 3 N–H and O–H groups in total. The van der Waals surface area contributed by atoms with Crippen molar-refractivity contribution in [2.24, 2.45) is 5.73 Å².